The molecule has 1 heterocycles. The molecule has 0 aliphatic heterocycles. The maximum absolute atomic E-state index is 6.11. The summed E-state index contributed by atoms with van der Waals surface area (Å²) in [7, 11) is 0. The number of nitrogens with zero attached hydrogens (tertiary/aromatic N) is 1. The van der Waals surface area contributed by atoms with Crippen molar-refractivity contribution < 1.29 is 0 Å². The van der Waals surface area contributed by atoms with Crippen molar-refractivity contribution >= 4 is 11.6 Å². The zero-order valence-corrected chi connectivity index (χ0v) is 9.17. The van der Waals surface area contributed by atoms with Gasteiger partial charge in [-0.05, 0) is 31.9 Å². The van der Waals surface area contributed by atoms with E-state index in [4.69, 9.17) is 11.6 Å². The molecule has 2 atom stereocenters. The molecule has 1 aromatic rings. The lowest BCUT2D eigenvalue weighted by Crippen LogP contribution is -2.11. The summed E-state index contributed by atoms with van der Waals surface area (Å²) in [4.78, 5) is 4.39. The third kappa shape index (κ3) is 2.44. The lowest BCUT2D eigenvalue weighted by Gasteiger charge is -2.18. The molecule has 1 aromatic heterocycles. The Balaban J connectivity index is 2.97. The molecule has 0 amide bonds. The molecule has 2 unspecified atom stereocenters. The van der Waals surface area contributed by atoms with Crippen LogP contribution in [0.4, 0.5) is 0 Å². The smallest absolute Gasteiger partial charge is 0.0478 e. The molecule has 0 aromatic carbocycles. The van der Waals surface area contributed by atoms with Crippen molar-refractivity contribution in [2.45, 2.75) is 38.5 Å². The highest BCUT2D eigenvalue weighted by atomic mass is 35.5. The number of aromatic nitrogens is 1. The maximum Gasteiger partial charge on any atom is 0.0478 e. The molecule has 0 N–H and O–H groups in total. The van der Waals surface area contributed by atoms with Crippen molar-refractivity contribution in [2.75, 3.05) is 0 Å². The van der Waals surface area contributed by atoms with Crippen molar-refractivity contribution in [1.29, 1.82) is 0 Å². The molecular weight excluding hydrogens is 182 g/mol. The van der Waals surface area contributed by atoms with Gasteiger partial charge in [0.2, 0.25) is 0 Å². The number of halogens is 1. The highest BCUT2D eigenvalue weighted by molar-refractivity contribution is 6.20. The van der Waals surface area contributed by atoms with Crippen molar-refractivity contribution in [1.82, 2.24) is 4.98 Å². The van der Waals surface area contributed by atoms with Crippen LogP contribution in [-0.2, 0) is 0 Å². The highest BCUT2D eigenvalue weighted by Crippen LogP contribution is 2.27. The molecule has 2 heteroatoms. The molecule has 1 nitrogen and oxygen atoms in total. The predicted molar refractivity (Wildman–Crippen MR) is 57.3 cm³/mol. The average Bonchev–Trinajstić information content (AvgIpc) is 2.09. The second kappa shape index (κ2) is 4.61. The largest absolute Gasteiger partial charge is 0.261 e. The second-order valence-corrected chi connectivity index (χ2v) is 4.09. The fourth-order valence-electron chi connectivity index (χ4n) is 1.62. The number of hydrogen-bond donors (Lipinski definition) is 0. The van der Waals surface area contributed by atoms with E-state index in [0.29, 0.717) is 5.92 Å². The van der Waals surface area contributed by atoms with E-state index in [1.807, 2.05) is 19.2 Å². The summed E-state index contributed by atoms with van der Waals surface area (Å²) >= 11 is 6.11. The van der Waals surface area contributed by atoms with E-state index in [1.165, 1.54) is 5.56 Å². The lowest BCUT2D eigenvalue weighted by molar-refractivity contribution is 0.626. The first-order valence-corrected chi connectivity index (χ1v) is 5.16. The third-order valence-corrected chi connectivity index (χ3v) is 2.70. The quantitative estimate of drug-likeness (QED) is 0.676. The van der Waals surface area contributed by atoms with Crippen LogP contribution in [0, 0.1) is 6.92 Å². The van der Waals surface area contributed by atoms with E-state index in [1.54, 1.807) is 0 Å². The average molecular weight is 198 g/mol. The monoisotopic (exact) mass is 197 g/mol. The summed E-state index contributed by atoms with van der Waals surface area (Å²) in [6.07, 6.45) is 2.88. The van der Waals surface area contributed by atoms with Gasteiger partial charge in [-0.1, -0.05) is 13.0 Å². The van der Waals surface area contributed by atoms with E-state index < -0.39 is 0 Å². The SMILES string of the molecule is CCC(c1ncccc1C)C(C)Cl. The van der Waals surface area contributed by atoms with Crippen molar-refractivity contribution in [3.8, 4) is 0 Å². The summed E-state index contributed by atoms with van der Waals surface area (Å²) in [5.74, 6) is 0.378. The Morgan fingerprint density at radius 2 is 2.23 bits per heavy atom. The molecule has 13 heavy (non-hydrogen) atoms. The molecule has 72 valence electrons. The zero-order valence-electron chi connectivity index (χ0n) is 8.42. The molecule has 0 fully saturated rings. The Bertz CT molecular complexity index is 271. The molecular formula is C11H16ClN. The van der Waals surface area contributed by atoms with Gasteiger partial charge >= 0.3 is 0 Å². The maximum atomic E-state index is 6.11. The van der Waals surface area contributed by atoms with Crippen LogP contribution in [0.3, 0.4) is 0 Å². The van der Waals surface area contributed by atoms with E-state index in [0.717, 1.165) is 12.1 Å². The van der Waals surface area contributed by atoms with Crippen LogP contribution in [0.5, 0.6) is 0 Å². The van der Waals surface area contributed by atoms with Crippen LogP contribution in [0.1, 0.15) is 37.4 Å². The molecule has 0 radical (unpaired) electrons. The Kier molecular flexibility index (Phi) is 3.73. The van der Waals surface area contributed by atoms with Gasteiger partial charge in [0, 0.05) is 23.2 Å². The predicted octanol–water partition coefficient (Wildman–Crippen LogP) is 3.51. The third-order valence-electron chi connectivity index (χ3n) is 2.40. The fraction of sp³-hybridized carbons (Fsp3) is 0.545. The van der Waals surface area contributed by atoms with Crippen LogP contribution in [0.2, 0.25) is 0 Å². The minimum Gasteiger partial charge on any atom is -0.261 e. The second-order valence-electron chi connectivity index (χ2n) is 3.40. The van der Waals surface area contributed by atoms with Crippen molar-refractivity contribution in [3.05, 3.63) is 29.6 Å². The van der Waals surface area contributed by atoms with Crippen LogP contribution < -0.4 is 0 Å². The van der Waals surface area contributed by atoms with Gasteiger partial charge in [0.15, 0.2) is 0 Å². The minimum absolute atomic E-state index is 0.151. The zero-order chi connectivity index (χ0) is 9.84. The molecule has 1 rings (SSSR count). The minimum atomic E-state index is 0.151. The molecule has 0 bridgehead atoms. The topological polar surface area (TPSA) is 12.9 Å². The number of hydrogen-bond acceptors (Lipinski definition) is 1. The van der Waals surface area contributed by atoms with Crippen molar-refractivity contribution in [2.24, 2.45) is 0 Å². The molecule has 0 aliphatic rings. The van der Waals surface area contributed by atoms with E-state index >= 15 is 0 Å². The van der Waals surface area contributed by atoms with Crippen molar-refractivity contribution in [3.63, 3.8) is 0 Å². The summed E-state index contributed by atoms with van der Waals surface area (Å²) in [6, 6.07) is 4.05. The van der Waals surface area contributed by atoms with E-state index in [2.05, 4.69) is 24.9 Å². The van der Waals surface area contributed by atoms with Gasteiger partial charge in [-0.15, -0.1) is 11.6 Å². The highest BCUT2D eigenvalue weighted by Gasteiger charge is 2.17. The van der Waals surface area contributed by atoms with Gasteiger partial charge in [-0.25, -0.2) is 0 Å². The van der Waals surface area contributed by atoms with E-state index in [-0.39, 0.29) is 5.38 Å². The normalized spacial score (nSPS) is 15.4. The van der Waals surface area contributed by atoms with Crippen LogP contribution >= 0.6 is 11.6 Å². The van der Waals surface area contributed by atoms with Gasteiger partial charge in [0.05, 0.1) is 0 Å². The van der Waals surface area contributed by atoms with Crippen LogP contribution in [0.25, 0.3) is 0 Å². The standard InChI is InChI=1S/C11H16ClN/c1-4-10(9(3)12)11-8(2)6-5-7-13-11/h5-7,9-10H,4H2,1-3H3. The lowest BCUT2D eigenvalue weighted by atomic mass is 9.95. The Labute approximate surface area is 85.1 Å². The summed E-state index contributed by atoms with van der Waals surface area (Å²) < 4.78 is 0. The van der Waals surface area contributed by atoms with Gasteiger partial charge in [-0.2, -0.15) is 0 Å². The molecule has 0 aliphatic carbocycles. The number of pyridine rings is 1. The Hall–Kier alpha value is -0.560. The first kappa shape index (κ1) is 10.5. The van der Waals surface area contributed by atoms with Gasteiger partial charge in [-0.3, -0.25) is 4.98 Å². The first-order valence-electron chi connectivity index (χ1n) is 4.72. The number of alkyl halides is 1. The fourth-order valence-corrected chi connectivity index (χ4v) is 1.92. The van der Waals surface area contributed by atoms with Crippen LogP contribution in [0.15, 0.2) is 18.3 Å². The summed E-state index contributed by atoms with van der Waals surface area (Å²) in [5.41, 5.74) is 2.38. The number of rotatable bonds is 3. The van der Waals surface area contributed by atoms with Crippen LogP contribution in [-0.4, -0.2) is 10.4 Å². The van der Waals surface area contributed by atoms with Gasteiger partial charge in [0.1, 0.15) is 0 Å². The molecule has 0 saturated carbocycles. The summed E-state index contributed by atoms with van der Waals surface area (Å²) in [5, 5.41) is 0.151. The van der Waals surface area contributed by atoms with Gasteiger partial charge < -0.3 is 0 Å². The first-order chi connectivity index (χ1) is 6.16. The Morgan fingerprint density at radius 1 is 1.54 bits per heavy atom. The molecule has 0 saturated heterocycles. The molecule has 0 spiro atoms. The van der Waals surface area contributed by atoms with Gasteiger partial charge in [0.25, 0.3) is 0 Å². The Morgan fingerprint density at radius 3 is 2.69 bits per heavy atom. The number of aryl methyl sites for hydroxylation is 1. The summed E-state index contributed by atoms with van der Waals surface area (Å²) in [6.45, 7) is 6.27. The van der Waals surface area contributed by atoms with E-state index in [9.17, 15) is 0 Å².